The fourth-order valence-electron chi connectivity index (χ4n) is 2.02. The number of amides is 1. The summed E-state index contributed by atoms with van der Waals surface area (Å²) in [5, 5.41) is 9.05. The number of carbonyl (C=O) groups is 1. The van der Waals surface area contributed by atoms with E-state index < -0.39 is 0 Å². The molecule has 0 spiro atoms. The lowest BCUT2D eigenvalue weighted by Gasteiger charge is -2.31. The van der Waals surface area contributed by atoms with Crippen LogP contribution in [0, 0.1) is 5.92 Å². The van der Waals surface area contributed by atoms with E-state index in [-0.39, 0.29) is 18.4 Å². The van der Waals surface area contributed by atoms with E-state index in [4.69, 9.17) is 10.8 Å². The van der Waals surface area contributed by atoms with E-state index in [0.29, 0.717) is 13.0 Å². The van der Waals surface area contributed by atoms with Crippen molar-refractivity contribution in [2.24, 2.45) is 11.7 Å². The predicted octanol–water partition coefficient (Wildman–Crippen LogP) is 0.346. The van der Waals surface area contributed by atoms with Crippen LogP contribution >= 0.6 is 0 Å². The molecular formula is C11H22N2O2. The number of piperidine rings is 1. The molecule has 15 heavy (non-hydrogen) atoms. The highest BCUT2D eigenvalue weighted by atomic mass is 16.3. The summed E-state index contributed by atoms with van der Waals surface area (Å²) >= 11 is 0. The zero-order valence-corrected chi connectivity index (χ0v) is 9.32. The van der Waals surface area contributed by atoms with Gasteiger partial charge in [0.25, 0.3) is 0 Å². The molecule has 1 fully saturated rings. The summed E-state index contributed by atoms with van der Waals surface area (Å²) in [5.41, 5.74) is 5.38. The van der Waals surface area contributed by atoms with Gasteiger partial charge in [0.15, 0.2) is 0 Å². The second kappa shape index (κ2) is 6.80. The largest absolute Gasteiger partial charge is 0.396 e. The number of unbranched alkanes of at least 4 members (excludes halogenated alkanes) is 1. The van der Waals surface area contributed by atoms with Crippen molar-refractivity contribution in [3.05, 3.63) is 0 Å². The third-order valence-electron chi connectivity index (χ3n) is 2.97. The summed E-state index contributed by atoms with van der Waals surface area (Å²) in [4.78, 5) is 13.6. The van der Waals surface area contributed by atoms with Crippen LogP contribution in [0.2, 0.25) is 0 Å². The van der Waals surface area contributed by atoms with Crippen LogP contribution in [0.15, 0.2) is 0 Å². The van der Waals surface area contributed by atoms with Crippen LogP contribution in [0.3, 0.4) is 0 Å². The molecule has 0 saturated carbocycles. The number of aliphatic hydroxyl groups is 1. The molecular weight excluding hydrogens is 192 g/mol. The molecule has 0 aromatic rings. The van der Waals surface area contributed by atoms with Crippen LogP contribution < -0.4 is 5.73 Å². The van der Waals surface area contributed by atoms with Gasteiger partial charge in [-0.2, -0.15) is 0 Å². The first-order valence-electron chi connectivity index (χ1n) is 5.86. The van der Waals surface area contributed by atoms with E-state index in [9.17, 15) is 4.79 Å². The number of carbonyl (C=O) groups excluding carboxylic acids is 1. The standard InChI is InChI=1S/C11H22N2O2/c12-6-2-1-5-11(15)13-7-3-4-10(8-13)9-14/h10,14H,1-9,12H2. The first-order chi connectivity index (χ1) is 7.27. The highest BCUT2D eigenvalue weighted by molar-refractivity contribution is 5.76. The molecule has 0 aromatic heterocycles. The summed E-state index contributed by atoms with van der Waals surface area (Å²) in [7, 11) is 0. The molecule has 0 radical (unpaired) electrons. The SMILES string of the molecule is NCCCCC(=O)N1CCCC(CO)C1. The van der Waals surface area contributed by atoms with Gasteiger partial charge in [-0.25, -0.2) is 0 Å². The van der Waals surface area contributed by atoms with Gasteiger partial charge in [-0.05, 0) is 38.1 Å². The van der Waals surface area contributed by atoms with Gasteiger partial charge in [0.05, 0.1) is 0 Å². The predicted molar refractivity (Wildman–Crippen MR) is 59.3 cm³/mol. The maximum absolute atomic E-state index is 11.7. The van der Waals surface area contributed by atoms with Gasteiger partial charge in [0.1, 0.15) is 0 Å². The average Bonchev–Trinajstić information content (AvgIpc) is 2.29. The van der Waals surface area contributed by atoms with Crippen molar-refractivity contribution >= 4 is 5.91 Å². The Labute approximate surface area is 91.4 Å². The van der Waals surface area contributed by atoms with E-state index in [2.05, 4.69) is 0 Å². The van der Waals surface area contributed by atoms with Gasteiger partial charge in [0, 0.05) is 26.1 Å². The summed E-state index contributed by atoms with van der Waals surface area (Å²) in [6, 6.07) is 0. The highest BCUT2D eigenvalue weighted by Crippen LogP contribution is 2.16. The molecule has 88 valence electrons. The molecule has 1 atom stereocenters. The van der Waals surface area contributed by atoms with Crippen molar-refractivity contribution in [1.82, 2.24) is 4.90 Å². The van der Waals surface area contributed by atoms with E-state index in [0.717, 1.165) is 38.8 Å². The normalized spacial score (nSPS) is 21.7. The number of nitrogens with two attached hydrogens (primary N) is 1. The van der Waals surface area contributed by atoms with Crippen molar-refractivity contribution in [3.63, 3.8) is 0 Å². The second-order valence-corrected chi connectivity index (χ2v) is 4.28. The van der Waals surface area contributed by atoms with Crippen LogP contribution in [-0.2, 0) is 4.79 Å². The lowest BCUT2D eigenvalue weighted by atomic mass is 9.98. The Morgan fingerprint density at radius 1 is 1.47 bits per heavy atom. The molecule has 1 saturated heterocycles. The fraction of sp³-hybridized carbons (Fsp3) is 0.909. The first kappa shape index (κ1) is 12.5. The number of hydrogen-bond acceptors (Lipinski definition) is 3. The molecule has 0 aromatic carbocycles. The summed E-state index contributed by atoms with van der Waals surface area (Å²) in [5.74, 6) is 0.513. The van der Waals surface area contributed by atoms with Crippen molar-refractivity contribution < 1.29 is 9.90 Å². The Kier molecular flexibility index (Phi) is 5.65. The van der Waals surface area contributed by atoms with Crippen LogP contribution in [0.4, 0.5) is 0 Å². The molecule has 1 aliphatic rings. The van der Waals surface area contributed by atoms with Gasteiger partial charge in [-0.3, -0.25) is 4.79 Å². The monoisotopic (exact) mass is 214 g/mol. The number of likely N-dealkylation sites (tertiary alicyclic amines) is 1. The molecule has 1 unspecified atom stereocenters. The Hall–Kier alpha value is -0.610. The zero-order valence-electron chi connectivity index (χ0n) is 9.32. The van der Waals surface area contributed by atoms with Gasteiger partial charge in [-0.1, -0.05) is 0 Å². The molecule has 3 N–H and O–H groups in total. The minimum atomic E-state index is 0.201. The lowest BCUT2D eigenvalue weighted by Crippen LogP contribution is -2.40. The average molecular weight is 214 g/mol. The van der Waals surface area contributed by atoms with Crippen LogP contribution in [0.1, 0.15) is 32.1 Å². The number of rotatable bonds is 5. The van der Waals surface area contributed by atoms with Gasteiger partial charge in [0.2, 0.25) is 5.91 Å². The zero-order chi connectivity index (χ0) is 11.1. The molecule has 1 heterocycles. The Morgan fingerprint density at radius 3 is 2.93 bits per heavy atom. The van der Waals surface area contributed by atoms with Crippen LogP contribution in [-0.4, -0.2) is 42.2 Å². The molecule has 4 nitrogen and oxygen atoms in total. The summed E-state index contributed by atoms with van der Waals surface area (Å²) in [6.07, 6.45) is 4.48. The van der Waals surface area contributed by atoms with Crippen molar-refractivity contribution in [2.75, 3.05) is 26.2 Å². The Morgan fingerprint density at radius 2 is 2.27 bits per heavy atom. The van der Waals surface area contributed by atoms with Crippen molar-refractivity contribution in [1.29, 1.82) is 0 Å². The van der Waals surface area contributed by atoms with Gasteiger partial charge < -0.3 is 15.7 Å². The Balaban J connectivity index is 2.25. The van der Waals surface area contributed by atoms with Gasteiger partial charge >= 0.3 is 0 Å². The smallest absolute Gasteiger partial charge is 0.222 e. The minimum Gasteiger partial charge on any atom is -0.396 e. The van der Waals surface area contributed by atoms with Crippen LogP contribution in [0.5, 0.6) is 0 Å². The molecule has 0 bridgehead atoms. The fourth-order valence-corrected chi connectivity index (χ4v) is 2.02. The lowest BCUT2D eigenvalue weighted by molar-refractivity contribution is -0.133. The minimum absolute atomic E-state index is 0.201. The molecule has 1 amide bonds. The van der Waals surface area contributed by atoms with E-state index in [1.165, 1.54) is 0 Å². The van der Waals surface area contributed by atoms with Crippen molar-refractivity contribution in [2.45, 2.75) is 32.1 Å². The number of hydrogen-bond donors (Lipinski definition) is 2. The van der Waals surface area contributed by atoms with E-state index in [1.807, 2.05) is 4.90 Å². The van der Waals surface area contributed by atoms with Crippen molar-refractivity contribution in [3.8, 4) is 0 Å². The second-order valence-electron chi connectivity index (χ2n) is 4.28. The topological polar surface area (TPSA) is 66.6 Å². The quantitative estimate of drug-likeness (QED) is 0.649. The van der Waals surface area contributed by atoms with E-state index >= 15 is 0 Å². The van der Waals surface area contributed by atoms with E-state index in [1.54, 1.807) is 0 Å². The number of nitrogens with zero attached hydrogens (tertiary/aromatic N) is 1. The number of aliphatic hydroxyl groups excluding tert-OH is 1. The first-order valence-corrected chi connectivity index (χ1v) is 5.86. The van der Waals surface area contributed by atoms with Gasteiger partial charge in [-0.15, -0.1) is 0 Å². The third-order valence-corrected chi connectivity index (χ3v) is 2.97. The summed E-state index contributed by atoms with van der Waals surface area (Å²) in [6.45, 7) is 2.45. The summed E-state index contributed by atoms with van der Waals surface area (Å²) < 4.78 is 0. The molecule has 1 rings (SSSR count). The maximum atomic E-state index is 11.7. The third kappa shape index (κ3) is 4.18. The molecule has 0 aliphatic carbocycles. The Bertz CT molecular complexity index is 197. The van der Waals surface area contributed by atoms with Crippen LogP contribution in [0.25, 0.3) is 0 Å². The highest BCUT2D eigenvalue weighted by Gasteiger charge is 2.22. The molecule has 4 heteroatoms. The molecule has 1 aliphatic heterocycles. The maximum Gasteiger partial charge on any atom is 0.222 e.